The molecular formula is C30H22Cl2NO3. The van der Waals surface area contributed by atoms with E-state index in [1.54, 1.807) is 72.8 Å². The van der Waals surface area contributed by atoms with Crippen LogP contribution in [0.1, 0.15) is 34.0 Å². The molecule has 0 fully saturated rings. The quantitative estimate of drug-likeness (QED) is 0.190. The largest absolute Gasteiger partial charge is 0.353 e. The van der Waals surface area contributed by atoms with E-state index in [1.165, 1.54) is 6.92 Å². The van der Waals surface area contributed by atoms with Gasteiger partial charge >= 0.3 is 0 Å². The smallest absolute Gasteiger partial charge is 0.217 e. The van der Waals surface area contributed by atoms with Crippen LogP contribution in [0.15, 0.2) is 97.1 Å². The van der Waals surface area contributed by atoms with Crippen LogP contribution < -0.4 is 5.32 Å². The highest BCUT2D eigenvalue weighted by Crippen LogP contribution is 2.34. The molecule has 1 atom stereocenters. The lowest BCUT2D eigenvalue weighted by Crippen LogP contribution is -2.36. The summed E-state index contributed by atoms with van der Waals surface area (Å²) in [5.41, 5.74) is 1.58. The van der Waals surface area contributed by atoms with Gasteiger partial charge in [0.1, 0.15) is 5.41 Å². The summed E-state index contributed by atoms with van der Waals surface area (Å²) >= 11 is 12.6. The number of hydrogen-bond donors (Lipinski definition) is 1. The highest BCUT2D eigenvalue weighted by atomic mass is 35.5. The van der Waals surface area contributed by atoms with Crippen LogP contribution in [0.2, 0.25) is 10.0 Å². The van der Waals surface area contributed by atoms with E-state index in [0.717, 1.165) is 0 Å². The molecule has 1 radical (unpaired) electrons. The lowest BCUT2D eigenvalue weighted by atomic mass is 9.77. The predicted octanol–water partition coefficient (Wildman–Crippen LogP) is 7.15. The van der Waals surface area contributed by atoms with Gasteiger partial charge in [0, 0.05) is 23.2 Å². The second-order valence-corrected chi connectivity index (χ2v) is 9.30. The molecule has 1 N–H and O–H groups in total. The van der Waals surface area contributed by atoms with Crippen molar-refractivity contribution in [2.75, 3.05) is 5.32 Å². The zero-order valence-electron chi connectivity index (χ0n) is 19.4. The number of nitrogens with one attached hydrogen (secondary N) is 1. The highest BCUT2D eigenvalue weighted by molar-refractivity contribution is 6.39. The number of para-hydroxylation sites is 2. The van der Waals surface area contributed by atoms with E-state index < -0.39 is 5.41 Å². The average molecular weight is 515 g/mol. The lowest BCUT2D eigenvalue weighted by molar-refractivity contribution is -0.121. The lowest BCUT2D eigenvalue weighted by Gasteiger charge is -2.23. The van der Waals surface area contributed by atoms with E-state index in [4.69, 9.17) is 23.2 Å². The first-order valence-corrected chi connectivity index (χ1v) is 12.0. The van der Waals surface area contributed by atoms with Crippen molar-refractivity contribution in [3.05, 3.63) is 129 Å². The summed E-state index contributed by atoms with van der Waals surface area (Å²) in [7, 11) is 0. The van der Waals surface area contributed by atoms with Crippen molar-refractivity contribution in [1.29, 1.82) is 0 Å². The van der Waals surface area contributed by atoms with E-state index in [2.05, 4.69) is 5.32 Å². The summed E-state index contributed by atoms with van der Waals surface area (Å²) in [6.07, 6.45) is 1.89. The predicted molar refractivity (Wildman–Crippen MR) is 144 cm³/mol. The van der Waals surface area contributed by atoms with Gasteiger partial charge in [0.15, 0.2) is 11.6 Å². The zero-order chi connectivity index (χ0) is 25.7. The summed E-state index contributed by atoms with van der Waals surface area (Å²) < 4.78 is 0. The van der Waals surface area contributed by atoms with Crippen LogP contribution in [0.5, 0.6) is 0 Å². The molecule has 4 aromatic carbocycles. The van der Waals surface area contributed by atoms with Gasteiger partial charge < -0.3 is 5.32 Å². The number of hydrogen-bond acceptors (Lipinski definition) is 4. The number of rotatable bonds is 9. The Morgan fingerprint density at radius 2 is 1.42 bits per heavy atom. The zero-order valence-corrected chi connectivity index (χ0v) is 20.9. The third-order valence-corrected chi connectivity index (χ3v) is 6.72. The second-order valence-electron chi connectivity index (χ2n) is 8.48. The first-order valence-electron chi connectivity index (χ1n) is 11.3. The monoisotopic (exact) mass is 514 g/mol. The number of halogens is 2. The number of Topliss-reactive ketones (excluding diaryl/α,β-unsaturated/α-hetero) is 1. The van der Waals surface area contributed by atoms with E-state index in [1.807, 2.05) is 30.6 Å². The molecule has 179 valence electrons. The number of carbonyl (C=O) groups is 2. The summed E-state index contributed by atoms with van der Waals surface area (Å²) in [4.78, 5) is 38.7. The van der Waals surface area contributed by atoms with Gasteiger partial charge in [0.2, 0.25) is 6.29 Å². The first kappa shape index (κ1) is 25.4. The Morgan fingerprint density at radius 1 is 0.806 bits per heavy atom. The van der Waals surface area contributed by atoms with Crippen molar-refractivity contribution in [1.82, 2.24) is 0 Å². The van der Waals surface area contributed by atoms with Crippen molar-refractivity contribution in [2.45, 2.75) is 18.8 Å². The van der Waals surface area contributed by atoms with Crippen molar-refractivity contribution < 1.29 is 14.4 Å². The Labute approximate surface area is 219 Å². The molecule has 0 amide bonds. The summed E-state index contributed by atoms with van der Waals surface area (Å²) in [6, 6.07) is 27.8. The van der Waals surface area contributed by atoms with Crippen molar-refractivity contribution >= 4 is 52.4 Å². The second kappa shape index (κ2) is 10.9. The molecule has 4 aromatic rings. The highest BCUT2D eigenvalue weighted by Gasteiger charge is 2.36. The maximum Gasteiger partial charge on any atom is 0.217 e. The van der Waals surface area contributed by atoms with E-state index in [0.29, 0.717) is 43.7 Å². The molecular weight excluding hydrogens is 493 g/mol. The van der Waals surface area contributed by atoms with Gasteiger partial charge in [-0.25, -0.2) is 0 Å². The molecule has 0 saturated carbocycles. The number of anilines is 2. The topological polar surface area (TPSA) is 63.2 Å². The number of benzene rings is 4. The van der Waals surface area contributed by atoms with Crippen LogP contribution in [0.3, 0.4) is 0 Å². The molecule has 6 heteroatoms. The van der Waals surface area contributed by atoms with Crippen LogP contribution in [-0.4, -0.2) is 17.9 Å². The Hall–Kier alpha value is -3.73. The maximum atomic E-state index is 13.5. The standard InChI is InChI=1S/C30H22Cl2NO3/c1-30(19-34,23-13-7-12-22(17-23)29(36)20-9-3-2-4-10-20)27(35)18-21-11-5-6-16-26(21)33-28-24(31)14-8-15-25(28)32/h2-17,33H,18H2,1H3. The van der Waals surface area contributed by atoms with Gasteiger partial charge in [-0.05, 0) is 42.3 Å². The van der Waals surface area contributed by atoms with Gasteiger partial charge in [0.05, 0.1) is 15.7 Å². The molecule has 0 heterocycles. The first-order chi connectivity index (χ1) is 17.3. The van der Waals surface area contributed by atoms with Gasteiger partial charge in [-0.2, -0.15) is 0 Å². The Bertz CT molecular complexity index is 1420. The number of carbonyl (C=O) groups excluding carboxylic acids is 3. The maximum absolute atomic E-state index is 13.5. The fraction of sp³-hybridized carbons (Fsp3) is 0.100. The van der Waals surface area contributed by atoms with Gasteiger partial charge in [-0.3, -0.25) is 14.4 Å². The molecule has 1 unspecified atom stereocenters. The van der Waals surface area contributed by atoms with Crippen LogP contribution in [0.4, 0.5) is 11.4 Å². The molecule has 36 heavy (non-hydrogen) atoms. The minimum atomic E-state index is -1.57. The minimum Gasteiger partial charge on any atom is -0.353 e. The summed E-state index contributed by atoms with van der Waals surface area (Å²) in [5.74, 6) is -0.550. The van der Waals surface area contributed by atoms with Crippen molar-refractivity contribution in [3.63, 3.8) is 0 Å². The SMILES string of the molecule is CC([C]=O)(C(=O)Cc1ccccc1Nc1c(Cl)cccc1Cl)c1cccc(C(=O)c2ccccc2)c1. The Morgan fingerprint density at radius 3 is 2.11 bits per heavy atom. The summed E-state index contributed by atoms with van der Waals surface area (Å²) in [6.45, 7) is 1.52. The van der Waals surface area contributed by atoms with Crippen LogP contribution in [0.25, 0.3) is 0 Å². The average Bonchev–Trinajstić information content (AvgIpc) is 2.91. The third-order valence-electron chi connectivity index (χ3n) is 6.09. The molecule has 4 nitrogen and oxygen atoms in total. The molecule has 4 rings (SSSR count). The van der Waals surface area contributed by atoms with E-state index in [-0.39, 0.29) is 18.0 Å². The van der Waals surface area contributed by atoms with Crippen molar-refractivity contribution in [2.24, 2.45) is 0 Å². The van der Waals surface area contributed by atoms with Crippen LogP contribution in [-0.2, 0) is 21.4 Å². The molecule has 0 aliphatic heterocycles. The van der Waals surface area contributed by atoms with Gasteiger partial charge in [-0.15, -0.1) is 0 Å². The fourth-order valence-electron chi connectivity index (χ4n) is 3.90. The third kappa shape index (κ3) is 5.25. The normalized spacial score (nSPS) is 12.4. The molecule has 0 aromatic heterocycles. The molecule has 0 saturated heterocycles. The molecule has 0 aliphatic carbocycles. The number of ketones is 2. The Kier molecular flexibility index (Phi) is 7.68. The van der Waals surface area contributed by atoms with Gasteiger partial charge in [-0.1, -0.05) is 96.0 Å². The minimum absolute atomic E-state index is 0.0478. The van der Waals surface area contributed by atoms with E-state index >= 15 is 0 Å². The van der Waals surface area contributed by atoms with E-state index in [9.17, 15) is 14.4 Å². The molecule has 0 aliphatic rings. The van der Waals surface area contributed by atoms with Crippen LogP contribution in [0, 0.1) is 0 Å². The molecule has 0 spiro atoms. The Balaban J connectivity index is 1.63. The molecule has 0 bridgehead atoms. The van der Waals surface area contributed by atoms with Gasteiger partial charge in [0.25, 0.3) is 0 Å². The summed E-state index contributed by atoms with van der Waals surface area (Å²) in [5, 5.41) is 4.09. The van der Waals surface area contributed by atoms with Crippen molar-refractivity contribution in [3.8, 4) is 0 Å². The fourth-order valence-corrected chi connectivity index (χ4v) is 4.39. The van der Waals surface area contributed by atoms with Crippen LogP contribution >= 0.6 is 23.2 Å².